The minimum Gasteiger partial charge on any atom is -0.392 e. The molecule has 1 amide bonds. The zero-order valence-electron chi connectivity index (χ0n) is 15.3. The predicted molar refractivity (Wildman–Crippen MR) is 93.3 cm³/mol. The van der Waals surface area contributed by atoms with Crippen LogP contribution >= 0.6 is 0 Å². The van der Waals surface area contributed by atoms with E-state index < -0.39 is 6.10 Å². The van der Waals surface area contributed by atoms with Gasteiger partial charge < -0.3 is 10.0 Å². The summed E-state index contributed by atoms with van der Waals surface area (Å²) in [6.45, 7) is 10.2. The van der Waals surface area contributed by atoms with Crippen LogP contribution in [0.5, 0.6) is 0 Å². The van der Waals surface area contributed by atoms with E-state index in [-0.39, 0.29) is 18.0 Å². The van der Waals surface area contributed by atoms with Crippen LogP contribution in [-0.4, -0.2) is 83.2 Å². The number of piperidine rings is 1. The van der Waals surface area contributed by atoms with Crippen molar-refractivity contribution < 1.29 is 9.90 Å². The molecule has 2 rings (SSSR count). The number of likely N-dealkylation sites (tertiary alicyclic amines) is 1. The number of piperazine rings is 1. The molecule has 6 nitrogen and oxygen atoms in total. The summed E-state index contributed by atoms with van der Waals surface area (Å²) < 4.78 is 0. The summed E-state index contributed by atoms with van der Waals surface area (Å²) >= 11 is 0. The molecule has 2 aliphatic rings. The van der Waals surface area contributed by atoms with Gasteiger partial charge in [0.25, 0.3) is 0 Å². The number of nitriles is 1. The van der Waals surface area contributed by atoms with E-state index in [1.165, 1.54) is 0 Å². The standard InChI is InChI=1S/C18H32N4O2/c1-14(2)17(12-19)20-8-10-21(11-9-20)18(24)13-22-7-5-4-6-16(22)15(3)23/h14-17,23H,4-11,13H2,1-3H3. The summed E-state index contributed by atoms with van der Waals surface area (Å²) in [6.07, 6.45) is 2.81. The molecule has 0 aromatic heterocycles. The van der Waals surface area contributed by atoms with Crippen LogP contribution in [0.15, 0.2) is 0 Å². The minimum atomic E-state index is -0.391. The molecule has 0 bridgehead atoms. The molecule has 2 aliphatic heterocycles. The van der Waals surface area contributed by atoms with Gasteiger partial charge in [-0.05, 0) is 32.2 Å². The summed E-state index contributed by atoms with van der Waals surface area (Å²) in [4.78, 5) is 18.9. The fraction of sp³-hybridized carbons (Fsp3) is 0.889. The molecule has 0 aromatic carbocycles. The third-order valence-electron chi connectivity index (χ3n) is 5.38. The molecule has 2 heterocycles. The van der Waals surface area contributed by atoms with Crippen LogP contribution < -0.4 is 0 Å². The lowest BCUT2D eigenvalue weighted by Gasteiger charge is -2.41. The zero-order valence-corrected chi connectivity index (χ0v) is 15.3. The van der Waals surface area contributed by atoms with Crippen molar-refractivity contribution >= 4 is 5.91 Å². The van der Waals surface area contributed by atoms with E-state index in [1.807, 2.05) is 11.8 Å². The highest BCUT2D eigenvalue weighted by Gasteiger charge is 2.31. The highest BCUT2D eigenvalue weighted by atomic mass is 16.3. The van der Waals surface area contributed by atoms with Gasteiger partial charge in [0.1, 0.15) is 6.04 Å². The lowest BCUT2D eigenvalue weighted by molar-refractivity contribution is -0.136. The zero-order chi connectivity index (χ0) is 17.7. The Morgan fingerprint density at radius 1 is 1.17 bits per heavy atom. The smallest absolute Gasteiger partial charge is 0.236 e. The first-order chi connectivity index (χ1) is 11.4. The molecule has 1 N–H and O–H groups in total. The molecular weight excluding hydrogens is 304 g/mol. The van der Waals surface area contributed by atoms with E-state index >= 15 is 0 Å². The van der Waals surface area contributed by atoms with E-state index in [2.05, 4.69) is 29.7 Å². The van der Waals surface area contributed by atoms with Crippen molar-refractivity contribution in [2.45, 2.75) is 58.2 Å². The van der Waals surface area contributed by atoms with Gasteiger partial charge in [-0.1, -0.05) is 20.3 Å². The van der Waals surface area contributed by atoms with Gasteiger partial charge in [-0.25, -0.2) is 0 Å². The highest BCUT2D eigenvalue weighted by molar-refractivity contribution is 5.78. The van der Waals surface area contributed by atoms with E-state index in [4.69, 9.17) is 0 Å². The Bertz CT molecular complexity index is 452. The summed E-state index contributed by atoms with van der Waals surface area (Å²) in [5.41, 5.74) is 0. The van der Waals surface area contributed by atoms with Crippen molar-refractivity contribution in [2.75, 3.05) is 39.3 Å². The third-order valence-corrected chi connectivity index (χ3v) is 5.38. The van der Waals surface area contributed by atoms with Gasteiger partial charge in [-0.2, -0.15) is 5.26 Å². The van der Waals surface area contributed by atoms with Crippen molar-refractivity contribution in [3.05, 3.63) is 0 Å². The van der Waals surface area contributed by atoms with E-state index in [0.29, 0.717) is 25.6 Å². The Labute approximate surface area is 146 Å². The van der Waals surface area contributed by atoms with Gasteiger partial charge >= 0.3 is 0 Å². The van der Waals surface area contributed by atoms with Gasteiger partial charge in [-0.3, -0.25) is 14.6 Å². The van der Waals surface area contributed by atoms with Crippen molar-refractivity contribution in [1.82, 2.24) is 14.7 Å². The second-order valence-electron chi connectivity index (χ2n) is 7.51. The second-order valence-corrected chi connectivity index (χ2v) is 7.51. The lowest BCUT2D eigenvalue weighted by atomic mass is 9.98. The van der Waals surface area contributed by atoms with Gasteiger partial charge in [-0.15, -0.1) is 0 Å². The number of amides is 1. The first-order valence-corrected chi connectivity index (χ1v) is 9.27. The Hall–Kier alpha value is -1.16. The quantitative estimate of drug-likeness (QED) is 0.808. The number of nitrogens with zero attached hydrogens (tertiary/aromatic N) is 4. The van der Waals surface area contributed by atoms with E-state index in [9.17, 15) is 15.2 Å². The minimum absolute atomic E-state index is 0.0658. The average molecular weight is 336 g/mol. The Kier molecular flexibility index (Phi) is 7.02. The maximum Gasteiger partial charge on any atom is 0.236 e. The van der Waals surface area contributed by atoms with Crippen molar-refractivity contribution in [3.63, 3.8) is 0 Å². The van der Waals surface area contributed by atoms with Crippen molar-refractivity contribution in [1.29, 1.82) is 5.26 Å². The molecule has 6 heteroatoms. The summed E-state index contributed by atoms with van der Waals surface area (Å²) in [6, 6.07) is 2.42. The van der Waals surface area contributed by atoms with Crippen LogP contribution in [0, 0.1) is 17.2 Å². The molecule has 0 aromatic rings. The molecule has 0 saturated carbocycles. The number of hydrogen-bond donors (Lipinski definition) is 1. The SMILES string of the molecule is CC(C)C(C#N)N1CCN(C(=O)CN2CCCCC2C(C)O)CC1. The fourth-order valence-electron chi connectivity index (χ4n) is 3.93. The number of hydrogen-bond acceptors (Lipinski definition) is 5. The molecule has 0 aliphatic carbocycles. The molecular formula is C18H32N4O2. The van der Waals surface area contributed by atoms with E-state index in [1.54, 1.807) is 0 Å². The van der Waals surface area contributed by atoms with Crippen LogP contribution in [0.25, 0.3) is 0 Å². The molecule has 0 spiro atoms. The fourth-order valence-corrected chi connectivity index (χ4v) is 3.93. The van der Waals surface area contributed by atoms with Gasteiger partial charge in [0.2, 0.25) is 5.91 Å². The molecule has 3 atom stereocenters. The molecule has 24 heavy (non-hydrogen) atoms. The first-order valence-electron chi connectivity index (χ1n) is 9.27. The predicted octanol–water partition coefficient (Wildman–Crippen LogP) is 0.914. The topological polar surface area (TPSA) is 70.8 Å². The first kappa shape index (κ1) is 19.2. The maximum absolute atomic E-state index is 12.6. The molecule has 0 radical (unpaired) electrons. The average Bonchev–Trinajstić information content (AvgIpc) is 2.56. The number of carbonyl (C=O) groups is 1. The third kappa shape index (κ3) is 4.69. The molecule has 3 unspecified atom stereocenters. The lowest BCUT2D eigenvalue weighted by Crippen LogP contribution is -2.56. The molecule has 2 saturated heterocycles. The van der Waals surface area contributed by atoms with E-state index in [0.717, 1.165) is 38.9 Å². The second kappa shape index (κ2) is 8.80. The normalized spacial score (nSPS) is 26.2. The maximum atomic E-state index is 12.6. The number of rotatable bonds is 5. The van der Waals surface area contributed by atoms with Crippen molar-refractivity contribution in [2.24, 2.45) is 5.92 Å². The van der Waals surface area contributed by atoms with Gasteiger partial charge in [0.15, 0.2) is 0 Å². The van der Waals surface area contributed by atoms with Gasteiger partial charge in [0.05, 0.1) is 18.7 Å². The van der Waals surface area contributed by atoms with Gasteiger partial charge in [0, 0.05) is 32.2 Å². The van der Waals surface area contributed by atoms with Crippen molar-refractivity contribution in [3.8, 4) is 6.07 Å². The Morgan fingerprint density at radius 2 is 1.83 bits per heavy atom. The number of aliphatic hydroxyl groups excluding tert-OH is 1. The largest absolute Gasteiger partial charge is 0.392 e. The number of aliphatic hydroxyl groups is 1. The Balaban J connectivity index is 1.85. The monoisotopic (exact) mass is 336 g/mol. The summed E-state index contributed by atoms with van der Waals surface area (Å²) in [5.74, 6) is 0.456. The molecule has 2 fully saturated rings. The van der Waals surface area contributed by atoms with Crippen LogP contribution in [0.1, 0.15) is 40.0 Å². The molecule has 136 valence electrons. The Morgan fingerprint density at radius 3 is 2.38 bits per heavy atom. The summed E-state index contributed by atoms with van der Waals surface area (Å²) in [5, 5.41) is 19.3. The van der Waals surface area contributed by atoms with Crippen LogP contribution in [-0.2, 0) is 4.79 Å². The summed E-state index contributed by atoms with van der Waals surface area (Å²) in [7, 11) is 0. The van der Waals surface area contributed by atoms with Crippen LogP contribution in [0.4, 0.5) is 0 Å². The highest BCUT2D eigenvalue weighted by Crippen LogP contribution is 2.20. The van der Waals surface area contributed by atoms with Crippen LogP contribution in [0.3, 0.4) is 0 Å². The number of carbonyl (C=O) groups excluding carboxylic acids is 1. The van der Waals surface area contributed by atoms with Crippen LogP contribution in [0.2, 0.25) is 0 Å².